The van der Waals surface area contributed by atoms with Crippen molar-refractivity contribution < 1.29 is 9.63 Å². The van der Waals surface area contributed by atoms with Crippen LogP contribution >= 0.6 is 0 Å². The minimum atomic E-state index is 0.399. The summed E-state index contributed by atoms with van der Waals surface area (Å²) in [7, 11) is 0. The van der Waals surface area contributed by atoms with Gasteiger partial charge < -0.3 is 4.84 Å². The number of hydrogen-bond acceptors (Lipinski definition) is 3. The van der Waals surface area contributed by atoms with Gasteiger partial charge in [0, 0.05) is 12.8 Å². The van der Waals surface area contributed by atoms with E-state index < -0.39 is 0 Å². The molecule has 13 heavy (non-hydrogen) atoms. The number of carbonyl (C=O) groups is 1. The standard InChI is InChI=1S/C10H21NO2/c1-2-3-7-10(12)8-5-4-6-9-13-11/h2-9,11H2,1H3. The predicted molar refractivity (Wildman–Crippen MR) is 53.1 cm³/mol. The van der Waals surface area contributed by atoms with E-state index >= 15 is 0 Å². The summed E-state index contributed by atoms with van der Waals surface area (Å²) >= 11 is 0. The van der Waals surface area contributed by atoms with E-state index in [9.17, 15) is 4.79 Å². The molecule has 0 unspecified atom stereocenters. The Bertz CT molecular complexity index is 126. The maximum atomic E-state index is 11.2. The average Bonchev–Trinajstić information content (AvgIpc) is 2.14. The van der Waals surface area contributed by atoms with Crippen molar-refractivity contribution in [1.82, 2.24) is 0 Å². The fourth-order valence-corrected chi connectivity index (χ4v) is 1.18. The molecule has 0 aliphatic heterocycles. The number of rotatable bonds is 9. The van der Waals surface area contributed by atoms with Crippen molar-refractivity contribution in [2.45, 2.75) is 51.9 Å². The second kappa shape index (κ2) is 9.68. The van der Waals surface area contributed by atoms with Gasteiger partial charge in [-0.05, 0) is 19.3 Å². The van der Waals surface area contributed by atoms with Crippen molar-refractivity contribution in [3.05, 3.63) is 0 Å². The van der Waals surface area contributed by atoms with Gasteiger partial charge in [-0.15, -0.1) is 0 Å². The molecule has 0 aromatic rings. The Morgan fingerprint density at radius 2 is 1.85 bits per heavy atom. The van der Waals surface area contributed by atoms with Crippen LogP contribution in [0.2, 0.25) is 0 Å². The molecule has 3 heteroatoms. The third-order valence-electron chi connectivity index (χ3n) is 2.03. The fraction of sp³-hybridized carbons (Fsp3) is 0.900. The summed E-state index contributed by atoms with van der Waals surface area (Å²) in [6.45, 7) is 2.70. The molecule has 0 radical (unpaired) electrons. The Kier molecular flexibility index (Phi) is 9.37. The van der Waals surface area contributed by atoms with Gasteiger partial charge >= 0.3 is 0 Å². The summed E-state index contributed by atoms with van der Waals surface area (Å²) in [5.41, 5.74) is 0. The normalized spacial score (nSPS) is 10.3. The van der Waals surface area contributed by atoms with Gasteiger partial charge in [0.1, 0.15) is 5.78 Å². The molecule has 3 nitrogen and oxygen atoms in total. The summed E-state index contributed by atoms with van der Waals surface area (Å²) in [5, 5.41) is 0. The molecule has 0 amide bonds. The van der Waals surface area contributed by atoms with Gasteiger partial charge in [-0.25, -0.2) is 5.90 Å². The van der Waals surface area contributed by atoms with Crippen LogP contribution in [0.3, 0.4) is 0 Å². The van der Waals surface area contributed by atoms with Crippen molar-refractivity contribution in [2.75, 3.05) is 6.61 Å². The Morgan fingerprint density at radius 3 is 2.46 bits per heavy atom. The fourth-order valence-electron chi connectivity index (χ4n) is 1.18. The van der Waals surface area contributed by atoms with Crippen LogP contribution in [0, 0.1) is 0 Å². The van der Waals surface area contributed by atoms with Crippen LogP contribution in [0.15, 0.2) is 0 Å². The zero-order valence-electron chi connectivity index (χ0n) is 8.55. The number of carbonyl (C=O) groups excluding carboxylic acids is 1. The molecule has 0 aliphatic carbocycles. The quantitative estimate of drug-likeness (QED) is 0.444. The van der Waals surface area contributed by atoms with Crippen LogP contribution < -0.4 is 5.90 Å². The highest BCUT2D eigenvalue weighted by molar-refractivity contribution is 5.78. The first-order valence-electron chi connectivity index (χ1n) is 5.14. The van der Waals surface area contributed by atoms with Gasteiger partial charge in [-0.3, -0.25) is 4.79 Å². The Balaban J connectivity index is 3.08. The monoisotopic (exact) mass is 187 g/mol. The highest BCUT2D eigenvalue weighted by Crippen LogP contribution is 2.04. The number of ketones is 1. The second-order valence-electron chi connectivity index (χ2n) is 3.32. The molecular weight excluding hydrogens is 166 g/mol. The Hall–Kier alpha value is -0.410. The molecule has 2 N–H and O–H groups in total. The topological polar surface area (TPSA) is 52.3 Å². The molecule has 0 aromatic heterocycles. The van der Waals surface area contributed by atoms with Crippen LogP contribution in [0.25, 0.3) is 0 Å². The third kappa shape index (κ3) is 9.50. The zero-order chi connectivity index (χ0) is 9.94. The number of unbranched alkanes of at least 4 members (excludes halogenated alkanes) is 3. The molecule has 0 saturated carbocycles. The summed E-state index contributed by atoms with van der Waals surface area (Å²) < 4.78 is 0. The summed E-state index contributed by atoms with van der Waals surface area (Å²) in [6, 6.07) is 0. The van der Waals surface area contributed by atoms with Crippen LogP contribution in [0.5, 0.6) is 0 Å². The van der Waals surface area contributed by atoms with Gasteiger partial charge in [0.05, 0.1) is 6.61 Å². The van der Waals surface area contributed by atoms with E-state index in [2.05, 4.69) is 11.8 Å². The van der Waals surface area contributed by atoms with E-state index in [4.69, 9.17) is 5.90 Å². The van der Waals surface area contributed by atoms with Crippen molar-refractivity contribution in [3.8, 4) is 0 Å². The van der Waals surface area contributed by atoms with Crippen molar-refractivity contribution in [2.24, 2.45) is 5.90 Å². The van der Waals surface area contributed by atoms with E-state index in [0.717, 1.165) is 44.9 Å². The second-order valence-corrected chi connectivity index (χ2v) is 3.32. The molecule has 0 fully saturated rings. The maximum Gasteiger partial charge on any atom is 0.132 e. The minimum absolute atomic E-state index is 0.399. The van der Waals surface area contributed by atoms with Gasteiger partial charge in [0.25, 0.3) is 0 Å². The predicted octanol–water partition coefficient (Wildman–Crippen LogP) is 2.20. The molecule has 0 aliphatic rings. The van der Waals surface area contributed by atoms with Gasteiger partial charge in [-0.1, -0.05) is 19.8 Å². The lowest BCUT2D eigenvalue weighted by molar-refractivity contribution is -0.119. The number of hydrogen-bond donors (Lipinski definition) is 1. The molecule has 0 spiro atoms. The Morgan fingerprint density at radius 1 is 1.15 bits per heavy atom. The number of nitrogens with two attached hydrogens (primary N) is 1. The van der Waals surface area contributed by atoms with E-state index in [1.807, 2.05) is 0 Å². The number of Topliss-reactive ketones (excluding diaryl/α,β-unsaturated/α-hetero) is 1. The first kappa shape index (κ1) is 12.6. The van der Waals surface area contributed by atoms with E-state index in [1.54, 1.807) is 0 Å². The van der Waals surface area contributed by atoms with Gasteiger partial charge in [-0.2, -0.15) is 0 Å². The van der Waals surface area contributed by atoms with E-state index in [0.29, 0.717) is 12.4 Å². The molecular formula is C10H21NO2. The van der Waals surface area contributed by atoms with Crippen LogP contribution in [0.4, 0.5) is 0 Å². The summed E-state index contributed by atoms with van der Waals surface area (Å²) in [5.74, 6) is 5.27. The van der Waals surface area contributed by atoms with Gasteiger partial charge in [0.15, 0.2) is 0 Å². The molecule has 0 aromatic carbocycles. The van der Waals surface area contributed by atoms with Crippen LogP contribution in [0.1, 0.15) is 51.9 Å². The van der Waals surface area contributed by atoms with Crippen molar-refractivity contribution in [3.63, 3.8) is 0 Å². The zero-order valence-corrected chi connectivity index (χ0v) is 8.55. The first-order chi connectivity index (χ1) is 6.31. The first-order valence-corrected chi connectivity index (χ1v) is 5.14. The third-order valence-corrected chi connectivity index (χ3v) is 2.03. The highest BCUT2D eigenvalue weighted by atomic mass is 16.6. The minimum Gasteiger partial charge on any atom is -0.305 e. The lowest BCUT2D eigenvalue weighted by Crippen LogP contribution is -2.01. The maximum absolute atomic E-state index is 11.2. The largest absolute Gasteiger partial charge is 0.305 e. The van der Waals surface area contributed by atoms with Crippen molar-refractivity contribution in [1.29, 1.82) is 0 Å². The van der Waals surface area contributed by atoms with Crippen LogP contribution in [-0.2, 0) is 9.63 Å². The summed E-state index contributed by atoms with van der Waals surface area (Å²) in [6.07, 6.45) is 6.59. The SMILES string of the molecule is CCCCC(=O)CCCCCON. The van der Waals surface area contributed by atoms with Gasteiger partial charge in [0.2, 0.25) is 0 Å². The molecule has 0 atom stereocenters. The molecule has 78 valence electrons. The highest BCUT2D eigenvalue weighted by Gasteiger charge is 2.00. The van der Waals surface area contributed by atoms with Crippen molar-refractivity contribution >= 4 is 5.78 Å². The average molecular weight is 187 g/mol. The molecule has 0 heterocycles. The smallest absolute Gasteiger partial charge is 0.132 e. The van der Waals surface area contributed by atoms with E-state index in [1.165, 1.54) is 0 Å². The van der Waals surface area contributed by atoms with Crippen LogP contribution in [-0.4, -0.2) is 12.4 Å². The Labute approximate surface area is 80.6 Å². The summed E-state index contributed by atoms with van der Waals surface area (Å²) in [4.78, 5) is 15.6. The molecule has 0 saturated heterocycles. The lowest BCUT2D eigenvalue weighted by atomic mass is 10.1. The molecule has 0 bridgehead atoms. The van der Waals surface area contributed by atoms with E-state index in [-0.39, 0.29) is 0 Å². The molecule has 0 rings (SSSR count). The lowest BCUT2D eigenvalue weighted by Gasteiger charge is -1.99.